The number of aliphatic imine (C=N–C) groups is 2. The zero-order valence-corrected chi connectivity index (χ0v) is 31.6. The van der Waals surface area contributed by atoms with Gasteiger partial charge < -0.3 is 14.5 Å². The molecule has 10 aromatic rings. The van der Waals surface area contributed by atoms with E-state index in [-0.39, 0.29) is 6.17 Å². The molecule has 0 amide bonds. The summed E-state index contributed by atoms with van der Waals surface area (Å²) in [4.78, 5) is 10.1. The number of nitrogens with zero attached hydrogens (tertiary/aromatic N) is 4. The van der Waals surface area contributed by atoms with Crippen molar-refractivity contribution in [3.8, 4) is 33.6 Å². The molecule has 8 aromatic carbocycles. The first-order valence-electron chi connectivity index (χ1n) is 19.7. The van der Waals surface area contributed by atoms with E-state index in [2.05, 4.69) is 191 Å². The zero-order valence-electron chi connectivity index (χ0n) is 31.6. The van der Waals surface area contributed by atoms with Gasteiger partial charge in [0.2, 0.25) is 0 Å². The Morgan fingerprint density at radius 3 is 1.79 bits per heavy atom. The summed E-state index contributed by atoms with van der Waals surface area (Å²) in [7, 11) is 0. The maximum absolute atomic E-state index is 5.15. The van der Waals surface area contributed by atoms with Gasteiger partial charge in [-0.05, 0) is 70.8 Å². The highest BCUT2D eigenvalue weighted by molar-refractivity contribution is 6.22. The van der Waals surface area contributed by atoms with Crippen LogP contribution in [0.1, 0.15) is 22.9 Å². The Morgan fingerprint density at radius 1 is 0.431 bits per heavy atom. The normalized spacial score (nSPS) is 14.0. The number of para-hydroxylation sites is 2. The summed E-state index contributed by atoms with van der Waals surface area (Å²) < 4.78 is 4.78. The average Bonchev–Trinajstić information content (AvgIpc) is 3.90. The van der Waals surface area contributed by atoms with Crippen LogP contribution in [0.2, 0.25) is 0 Å². The summed E-state index contributed by atoms with van der Waals surface area (Å²) >= 11 is 0. The van der Waals surface area contributed by atoms with Gasteiger partial charge in [-0.2, -0.15) is 0 Å². The fourth-order valence-corrected chi connectivity index (χ4v) is 8.49. The number of fused-ring (bicyclic) bond motifs is 5. The van der Waals surface area contributed by atoms with Gasteiger partial charge in [-0.3, -0.25) is 0 Å². The van der Waals surface area contributed by atoms with Crippen molar-refractivity contribution in [2.24, 2.45) is 9.98 Å². The van der Waals surface area contributed by atoms with Crippen LogP contribution in [0.25, 0.3) is 66.3 Å². The molecule has 0 saturated carbocycles. The maximum Gasteiger partial charge on any atom is 0.159 e. The highest BCUT2D eigenvalue weighted by Gasteiger charge is 2.23. The van der Waals surface area contributed by atoms with E-state index < -0.39 is 0 Å². The van der Waals surface area contributed by atoms with E-state index in [4.69, 9.17) is 9.98 Å². The SMILES string of the molecule is c1ccc(C2=NC(c3cccc(-c4cccc(-n5c6ccccc6c6cc(-c7ccccc7)c7c(ccn7-c7ccccc7)c65)c4)c3)NC(c3ccccc3)=N2)cc1. The van der Waals surface area contributed by atoms with E-state index in [0.29, 0.717) is 5.84 Å². The monoisotopic (exact) mass is 743 g/mol. The van der Waals surface area contributed by atoms with Gasteiger partial charge in [0.1, 0.15) is 12.0 Å². The van der Waals surface area contributed by atoms with E-state index >= 15 is 0 Å². The molecule has 58 heavy (non-hydrogen) atoms. The second-order valence-electron chi connectivity index (χ2n) is 14.7. The van der Waals surface area contributed by atoms with Crippen LogP contribution in [0.4, 0.5) is 0 Å². The van der Waals surface area contributed by atoms with E-state index in [1.807, 2.05) is 36.4 Å². The second kappa shape index (κ2) is 14.1. The van der Waals surface area contributed by atoms with Gasteiger partial charge in [-0.1, -0.05) is 158 Å². The maximum atomic E-state index is 5.15. The summed E-state index contributed by atoms with van der Waals surface area (Å²) in [5.41, 5.74) is 13.5. The van der Waals surface area contributed by atoms with Crippen LogP contribution in [0.3, 0.4) is 0 Å². The fourth-order valence-electron chi connectivity index (χ4n) is 8.49. The Bertz CT molecular complexity index is 3180. The average molecular weight is 744 g/mol. The molecule has 1 aliphatic heterocycles. The summed E-state index contributed by atoms with van der Waals surface area (Å²) in [6.45, 7) is 0. The number of amidine groups is 2. The standard InChI is InChI=1S/C53H37N5/c1-5-17-36(18-6-1)46-35-47-44-29-13-14-30-48(44)58(50(47)45-31-32-57(49(45)46)42-26-11-4-12-27-42)43-28-16-24-40(34-43)39-23-15-25-41(33-39)53-55-51(37-19-7-2-8-20-37)54-52(56-53)38-21-9-3-10-22-38/h1-35,53H,(H,54,55,56). The molecule has 2 aromatic heterocycles. The number of benzene rings is 8. The molecule has 3 heterocycles. The molecule has 5 heteroatoms. The molecular formula is C53H37N5. The van der Waals surface area contributed by atoms with Gasteiger partial charge in [-0.15, -0.1) is 0 Å². The molecule has 1 unspecified atom stereocenters. The van der Waals surface area contributed by atoms with Crippen molar-refractivity contribution >= 4 is 44.4 Å². The lowest BCUT2D eigenvalue weighted by Crippen LogP contribution is -2.33. The van der Waals surface area contributed by atoms with Gasteiger partial charge in [0, 0.05) is 50.4 Å². The second-order valence-corrected chi connectivity index (χ2v) is 14.7. The van der Waals surface area contributed by atoms with Crippen molar-refractivity contribution in [2.45, 2.75) is 6.17 Å². The first-order chi connectivity index (χ1) is 28.8. The largest absolute Gasteiger partial charge is 0.344 e. The van der Waals surface area contributed by atoms with Crippen LogP contribution in [-0.2, 0) is 0 Å². The predicted octanol–water partition coefficient (Wildman–Crippen LogP) is 12.6. The van der Waals surface area contributed by atoms with E-state index in [1.165, 1.54) is 43.8 Å². The minimum Gasteiger partial charge on any atom is -0.344 e. The molecule has 1 N–H and O–H groups in total. The molecule has 0 radical (unpaired) electrons. The molecule has 0 fully saturated rings. The van der Waals surface area contributed by atoms with Crippen LogP contribution in [-0.4, -0.2) is 20.8 Å². The number of hydrogen-bond acceptors (Lipinski definition) is 3. The minimum absolute atomic E-state index is 0.316. The Kier molecular flexibility index (Phi) is 8.14. The Morgan fingerprint density at radius 2 is 1.03 bits per heavy atom. The van der Waals surface area contributed by atoms with E-state index in [9.17, 15) is 0 Å². The van der Waals surface area contributed by atoms with Gasteiger partial charge in [0.15, 0.2) is 5.84 Å². The lowest BCUT2D eigenvalue weighted by Gasteiger charge is -2.24. The number of hydrogen-bond donors (Lipinski definition) is 1. The molecule has 0 spiro atoms. The summed E-state index contributed by atoms with van der Waals surface area (Å²) in [6.07, 6.45) is 1.90. The predicted molar refractivity (Wildman–Crippen MR) is 240 cm³/mol. The highest BCUT2D eigenvalue weighted by Crippen LogP contribution is 2.43. The van der Waals surface area contributed by atoms with E-state index in [0.717, 1.165) is 45.0 Å². The van der Waals surface area contributed by atoms with Crippen molar-refractivity contribution in [1.82, 2.24) is 14.5 Å². The van der Waals surface area contributed by atoms with Crippen LogP contribution >= 0.6 is 0 Å². The van der Waals surface area contributed by atoms with Crippen molar-refractivity contribution in [1.29, 1.82) is 0 Å². The minimum atomic E-state index is -0.316. The van der Waals surface area contributed by atoms with Crippen molar-refractivity contribution in [3.63, 3.8) is 0 Å². The van der Waals surface area contributed by atoms with Crippen molar-refractivity contribution in [3.05, 3.63) is 229 Å². The fraction of sp³-hybridized carbons (Fsp3) is 0.0189. The quantitative estimate of drug-likeness (QED) is 0.174. The molecule has 5 nitrogen and oxygen atoms in total. The van der Waals surface area contributed by atoms with Crippen LogP contribution < -0.4 is 5.32 Å². The molecular weight excluding hydrogens is 707 g/mol. The molecule has 1 aliphatic rings. The Labute approximate surface area is 336 Å². The zero-order chi connectivity index (χ0) is 38.4. The van der Waals surface area contributed by atoms with Gasteiger partial charge in [0.05, 0.1) is 16.6 Å². The lowest BCUT2D eigenvalue weighted by atomic mass is 9.99. The highest BCUT2D eigenvalue weighted by atomic mass is 15.2. The van der Waals surface area contributed by atoms with Crippen LogP contribution in [0.5, 0.6) is 0 Å². The first-order valence-corrected chi connectivity index (χ1v) is 19.7. The van der Waals surface area contributed by atoms with Gasteiger partial charge in [0.25, 0.3) is 0 Å². The summed E-state index contributed by atoms with van der Waals surface area (Å²) in [5, 5.41) is 7.30. The molecule has 1 atom stereocenters. The molecule has 11 rings (SSSR count). The van der Waals surface area contributed by atoms with Gasteiger partial charge >= 0.3 is 0 Å². The number of aromatic nitrogens is 2. The smallest absolute Gasteiger partial charge is 0.159 e. The molecule has 0 bridgehead atoms. The van der Waals surface area contributed by atoms with E-state index in [1.54, 1.807) is 0 Å². The number of rotatable bonds is 7. The van der Waals surface area contributed by atoms with Crippen molar-refractivity contribution in [2.75, 3.05) is 0 Å². The van der Waals surface area contributed by atoms with Crippen LogP contribution in [0.15, 0.2) is 222 Å². The molecule has 0 saturated heterocycles. The van der Waals surface area contributed by atoms with Crippen molar-refractivity contribution < 1.29 is 0 Å². The summed E-state index contributed by atoms with van der Waals surface area (Å²) in [5.74, 6) is 1.52. The lowest BCUT2D eigenvalue weighted by molar-refractivity contribution is 0.674. The molecule has 274 valence electrons. The molecule has 0 aliphatic carbocycles. The number of nitrogens with one attached hydrogen (secondary N) is 1. The van der Waals surface area contributed by atoms with Crippen LogP contribution in [0, 0.1) is 0 Å². The third kappa shape index (κ3) is 5.80. The topological polar surface area (TPSA) is 46.6 Å². The summed E-state index contributed by atoms with van der Waals surface area (Å²) in [6, 6.07) is 73.0. The Balaban J connectivity index is 1.06. The Hall–Kier alpha value is -7.76. The third-order valence-electron chi connectivity index (χ3n) is 11.2. The first kappa shape index (κ1) is 33.6. The van der Waals surface area contributed by atoms with Gasteiger partial charge in [-0.25, -0.2) is 9.98 Å². The third-order valence-corrected chi connectivity index (χ3v) is 11.2.